The van der Waals surface area contributed by atoms with Gasteiger partial charge in [-0.1, -0.05) is 45.4 Å². The predicted molar refractivity (Wildman–Crippen MR) is 77.5 cm³/mol. The van der Waals surface area contributed by atoms with Gasteiger partial charge in [0.25, 0.3) is 0 Å². The number of hydrogen-bond acceptors (Lipinski definition) is 6. The summed E-state index contributed by atoms with van der Waals surface area (Å²) in [5.74, 6) is -3.42. The Labute approximate surface area is 188 Å². The van der Waals surface area contributed by atoms with Crippen molar-refractivity contribution in [3.05, 3.63) is 0 Å². The van der Waals surface area contributed by atoms with E-state index in [-0.39, 0.29) is 72.0 Å². The Morgan fingerprint density at radius 3 is 1.75 bits per heavy atom. The minimum atomic E-state index is -1.44. The topological polar surface area (TPSA) is 144 Å². The largest absolute Gasteiger partial charge is 1.00 e. The van der Waals surface area contributed by atoms with E-state index in [1.165, 1.54) is 32.1 Å². The summed E-state index contributed by atoms with van der Waals surface area (Å²) in [7, 11) is 0. The van der Waals surface area contributed by atoms with Crippen LogP contribution in [0.2, 0.25) is 0 Å². The molecule has 0 fully saturated rings. The van der Waals surface area contributed by atoms with E-state index in [0.29, 0.717) is 6.42 Å². The number of carboxylic acids is 3. The zero-order valence-electron chi connectivity index (χ0n) is 15.2. The Morgan fingerprint density at radius 2 is 1.38 bits per heavy atom. The Bertz CT molecular complexity index is 329. The minimum absolute atomic E-state index is 0. The first kappa shape index (κ1) is 32.1. The minimum Gasteiger partial charge on any atom is -0.550 e. The van der Waals surface area contributed by atoms with E-state index in [0.717, 1.165) is 12.8 Å². The third kappa shape index (κ3) is 30.3. The van der Waals surface area contributed by atoms with Gasteiger partial charge in [0, 0.05) is 18.4 Å². The average Bonchev–Trinajstić information content (AvgIpc) is 2.44. The van der Waals surface area contributed by atoms with Crippen LogP contribution in [0.15, 0.2) is 0 Å². The third-order valence-electron chi connectivity index (χ3n) is 2.96. The van der Waals surface area contributed by atoms with Gasteiger partial charge in [0.2, 0.25) is 0 Å². The molecule has 0 aliphatic carbocycles. The van der Waals surface area contributed by atoms with Gasteiger partial charge in [0.15, 0.2) is 0 Å². The fraction of sp³-hybridized carbons (Fsp3) is 0.800. The SMILES string of the molecule is CCCCCCCCCC(=O)O.N[C@@H](CCC(=O)[O-])C(=O)[O-].[Na+].[Na+]. The second-order valence-corrected chi connectivity index (χ2v) is 5.10. The second-order valence-electron chi connectivity index (χ2n) is 5.10. The third-order valence-corrected chi connectivity index (χ3v) is 2.96. The van der Waals surface area contributed by atoms with Gasteiger partial charge in [0.1, 0.15) is 0 Å². The van der Waals surface area contributed by atoms with Crippen molar-refractivity contribution in [2.45, 2.75) is 77.2 Å². The normalized spacial score (nSPS) is 10.2. The summed E-state index contributed by atoms with van der Waals surface area (Å²) in [5, 5.41) is 28.0. The van der Waals surface area contributed by atoms with Crippen molar-refractivity contribution in [3.8, 4) is 0 Å². The Balaban J connectivity index is -0.000000156. The fourth-order valence-corrected chi connectivity index (χ4v) is 1.62. The Kier molecular flexibility index (Phi) is 31.2. The summed E-state index contributed by atoms with van der Waals surface area (Å²) in [4.78, 5) is 29.7. The van der Waals surface area contributed by atoms with Gasteiger partial charge in [-0.3, -0.25) is 4.79 Å². The summed E-state index contributed by atoms with van der Waals surface area (Å²) in [5.41, 5.74) is 4.91. The molecule has 3 N–H and O–H groups in total. The predicted octanol–water partition coefficient (Wildman–Crippen LogP) is -6.19. The van der Waals surface area contributed by atoms with E-state index in [9.17, 15) is 24.6 Å². The number of carbonyl (C=O) groups excluding carboxylic acids is 2. The van der Waals surface area contributed by atoms with E-state index >= 15 is 0 Å². The van der Waals surface area contributed by atoms with Crippen molar-refractivity contribution in [2.24, 2.45) is 5.73 Å². The van der Waals surface area contributed by atoms with Crippen LogP contribution >= 0.6 is 0 Å². The van der Waals surface area contributed by atoms with Crippen molar-refractivity contribution in [3.63, 3.8) is 0 Å². The number of unbranched alkanes of at least 4 members (excludes halogenated alkanes) is 6. The van der Waals surface area contributed by atoms with E-state index in [1.807, 2.05) is 0 Å². The van der Waals surface area contributed by atoms with Crippen LogP contribution in [0.4, 0.5) is 0 Å². The molecule has 0 radical (unpaired) electrons. The second kappa shape index (κ2) is 23.4. The monoisotopic (exact) mass is 363 g/mol. The van der Waals surface area contributed by atoms with E-state index < -0.39 is 23.9 Å². The molecule has 0 aromatic rings. The van der Waals surface area contributed by atoms with Crippen LogP contribution in [0.5, 0.6) is 0 Å². The smallest absolute Gasteiger partial charge is 0.550 e. The van der Waals surface area contributed by atoms with Crippen LogP contribution in [0.3, 0.4) is 0 Å². The van der Waals surface area contributed by atoms with Crippen molar-refractivity contribution in [1.29, 1.82) is 0 Å². The van der Waals surface area contributed by atoms with Crippen LogP contribution in [-0.2, 0) is 14.4 Å². The Hall–Kier alpha value is 0.370. The molecule has 130 valence electrons. The van der Waals surface area contributed by atoms with Crippen LogP contribution in [0.1, 0.15) is 71.1 Å². The molecule has 0 aromatic heterocycles. The quantitative estimate of drug-likeness (QED) is 0.259. The van der Waals surface area contributed by atoms with Crippen LogP contribution in [0.25, 0.3) is 0 Å². The van der Waals surface area contributed by atoms with Crippen molar-refractivity contribution >= 4 is 17.9 Å². The first-order chi connectivity index (χ1) is 10.3. The molecule has 0 aliphatic heterocycles. The molecule has 0 amide bonds. The summed E-state index contributed by atoms with van der Waals surface area (Å²) in [6.07, 6.45) is 8.14. The van der Waals surface area contributed by atoms with Gasteiger partial charge < -0.3 is 30.6 Å². The molecule has 0 heterocycles. The molecule has 0 bridgehead atoms. The first-order valence-corrected chi connectivity index (χ1v) is 7.69. The van der Waals surface area contributed by atoms with Crippen molar-refractivity contribution < 1.29 is 88.8 Å². The molecule has 0 aliphatic rings. The fourth-order valence-electron chi connectivity index (χ4n) is 1.62. The van der Waals surface area contributed by atoms with Gasteiger partial charge in [-0.2, -0.15) is 0 Å². The maximum absolute atomic E-state index is 10.1. The molecule has 0 aromatic carbocycles. The van der Waals surface area contributed by atoms with E-state index in [4.69, 9.17) is 10.8 Å². The molecule has 0 saturated carbocycles. The van der Waals surface area contributed by atoms with Gasteiger partial charge in [-0.05, 0) is 19.3 Å². The summed E-state index contributed by atoms with van der Waals surface area (Å²) in [6, 6.07) is -1.21. The molecule has 24 heavy (non-hydrogen) atoms. The maximum Gasteiger partial charge on any atom is 1.00 e. The van der Waals surface area contributed by atoms with Crippen molar-refractivity contribution in [2.75, 3.05) is 0 Å². The summed E-state index contributed by atoms with van der Waals surface area (Å²) in [6.45, 7) is 2.20. The standard InChI is InChI=1S/C10H20O2.C5H9NO4.2Na/c1-2-3-4-5-6-7-8-9-10(11)12;6-3(5(9)10)1-2-4(7)8;;/h2-9H2,1H3,(H,11,12);3H,1-2,6H2,(H,7,8)(H,9,10);;/q;;2*+1/p-2/t;3-;;/m.0../s1. The average molecular weight is 363 g/mol. The van der Waals surface area contributed by atoms with Crippen LogP contribution < -0.4 is 75.1 Å². The van der Waals surface area contributed by atoms with Gasteiger partial charge >= 0.3 is 65.1 Å². The van der Waals surface area contributed by atoms with Crippen LogP contribution in [0, 0.1) is 0 Å². The molecule has 0 saturated heterocycles. The zero-order valence-corrected chi connectivity index (χ0v) is 19.2. The van der Waals surface area contributed by atoms with Gasteiger partial charge in [-0.15, -0.1) is 0 Å². The molecule has 7 nitrogen and oxygen atoms in total. The molecular weight excluding hydrogens is 336 g/mol. The van der Waals surface area contributed by atoms with E-state index in [2.05, 4.69) is 6.92 Å². The van der Waals surface area contributed by atoms with Gasteiger partial charge in [-0.25, -0.2) is 0 Å². The Morgan fingerprint density at radius 1 is 0.917 bits per heavy atom. The molecule has 0 spiro atoms. The molecule has 0 rings (SSSR count). The number of carbonyl (C=O) groups is 3. The maximum atomic E-state index is 10.1. The van der Waals surface area contributed by atoms with Gasteiger partial charge in [0.05, 0.1) is 5.97 Å². The number of aliphatic carboxylic acids is 3. The summed E-state index contributed by atoms with van der Waals surface area (Å²) >= 11 is 0. The molecule has 9 heteroatoms. The van der Waals surface area contributed by atoms with Crippen LogP contribution in [-0.4, -0.2) is 29.1 Å². The number of hydrogen-bond donors (Lipinski definition) is 2. The number of rotatable bonds is 12. The number of nitrogens with two attached hydrogens (primary N) is 1. The zero-order chi connectivity index (χ0) is 17.4. The summed E-state index contributed by atoms with van der Waals surface area (Å²) < 4.78 is 0. The number of carboxylic acid groups (broad SMARTS) is 3. The first-order valence-electron chi connectivity index (χ1n) is 7.69. The van der Waals surface area contributed by atoms with Crippen molar-refractivity contribution in [1.82, 2.24) is 0 Å². The molecule has 0 unspecified atom stereocenters. The molecule has 1 atom stereocenters. The molecular formula is C15H27NNa2O6. The van der Waals surface area contributed by atoms with E-state index in [1.54, 1.807) is 0 Å².